The van der Waals surface area contributed by atoms with Crippen LogP contribution < -0.4 is 11.0 Å². The average molecular weight is 340 g/mol. The molecule has 2 rings (SSSR count). The van der Waals surface area contributed by atoms with Crippen LogP contribution in [-0.2, 0) is 12.6 Å². The van der Waals surface area contributed by atoms with Crippen LogP contribution in [0.1, 0.15) is 22.4 Å². The largest absolute Gasteiger partial charge is 0.416 e. The Labute approximate surface area is 135 Å². The van der Waals surface area contributed by atoms with E-state index in [0.29, 0.717) is 11.3 Å². The van der Waals surface area contributed by atoms with Crippen LogP contribution in [-0.4, -0.2) is 27.9 Å². The Hall–Kier alpha value is -2.68. The smallest absolute Gasteiger partial charge is 0.396 e. The Kier molecular flexibility index (Phi) is 5.35. The Morgan fingerprint density at radius 1 is 1.42 bits per heavy atom. The molecule has 0 spiro atoms. The van der Waals surface area contributed by atoms with E-state index in [4.69, 9.17) is 5.11 Å². The number of hydrogen-bond donors (Lipinski definition) is 3. The molecule has 128 valence electrons. The van der Waals surface area contributed by atoms with Gasteiger partial charge in [0.25, 0.3) is 5.56 Å². The Morgan fingerprint density at radius 2 is 2.17 bits per heavy atom. The summed E-state index contributed by atoms with van der Waals surface area (Å²) in [5.41, 5.74) is 2.32. The highest BCUT2D eigenvalue weighted by Crippen LogP contribution is 2.29. The van der Waals surface area contributed by atoms with E-state index in [1.165, 1.54) is 18.3 Å². The summed E-state index contributed by atoms with van der Waals surface area (Å²) in [5, 5.41) is 12.7. The number of aliphatic hydroxyl groups excluding tert-OH is 1. The maximum absolute atomic E-state index is 12.6. The number of aromatic nitrogens is 2. The van der Waals surface area contributed by atoms with Crippen LogP contribution in [0.4, 0.5) is 19.1 Å². The summed E-state index contributed by atoms with van der Waals surface area (Å²) in [7, 11) is 0. The van der Waals surface area contributed by atoms with Crippen molar-refractivity contribution in [1.82, 2.24) is 9.97 Å². The monoisotopic (exact) mass is 340 g/mol. The first kappa shape index (κ1) is 17.7. The fourth-order valence-electron chi connectivity index (χ4n) is 2.03. The van der Waals surface area contributed by atoms with Crippen molar-refractivity contribution in [3.63, 3.8) is 0 Å². The quantitative estimate of drug-likeness (QED) is 0.574. The molecule has 6 nitrogen and oxygen atoms in total. The molecule has 0 fully saturated rings. The van der Waals surface area contributed by atoms with Crippen LogP contribution in [0, 0.1) is 6.92 Å². The summed E-state index contributed by atoms with van der Waals surface area (Å²) in [6.07, 6.45) is -3.06. The third-order valence-electron chi connectivity index (χ3n) is 3.18. The van der Waals surface area contributed by atoms with E-state index >= 15 is 0 Å². The molecule has 3 N–H and O–H groups in total. The van der Waals surface area contributed by atoms with Crippen molar-refractivity contribution in [2.45, 2.75) is 19.5 Å². The molecule has 9 heteroatoms. The second kappa shape index (κ2) is 7.26. The topological polar surface area (TPSA) is 90.4 Å². The molecule has 0 radical (unpaired) electrons. The van der Waals surface area contributed by atoms with Crippen LogP contribution in [0.5, 0.6) is 0 Å². The molecule has 1 aromatic carbocycles. The number of alkyl halides is 3. The van der Waals surface area contributed by atoms with Gasteiger partial charge in [0.05, 0.1) is 17.5 Å². The van der Waals surface area contributed by atoms with Gasteiger partial charge in [-0.05, 0) is 24.6 Å². The number of halogens is 3. The van der Waals surface area contributed by atoms with E-state index in [-0.39, 0.29) is 24.5 Å². The molecule has 0 amide bonds. The zero-order valence-corrected chi connectivity index (χ0v) is 12.7. The molecule has 1 aromatic heterocycles. The summed E-state index contributed by atoms with van der Waals surface area (Å²) < 4.78 is 37.9. The average Bonchev–Trinajstić information content (AvgIpc) is 2.50. The molecular formula is C15H15F3N4O2. The molecule has 0 aliphatic heterocycles. The van der Waals surface area contributed by atoms with Crippen LogP contribution >= 0.6 is 0 Å². The fourth-order valence-corrected chi connectivity index (χ4v) is 2.03. The molecule has 0 bridgehead atoms. The number of hydrazone groups is 1. The maximum atomic E-state index is 12.6. The number of hydrogen-bond acceptors (Lipinski definition) is 5. The Morgan fingerprint density at radius 3 is 2.79 bits per heavy atom. The summed E-state index contributed by atoms with van der Waals surface area (Å²) in [6, 6.07) is 4.66. The standard InChI is InChI=1S/C15H15F3N4O2/c1-9-12(5-6-23)13(24)21-14(20-9)22-19-8-10-3-2-4-11(7-10)15(16,17)18/h2-4,7-8,23H,5-6H2,1H3,(H2,20,21,22,24)/b19-8-. The van der Waals surface area contributed by atoms with E-state index < -0.39 is 17.3 Å². The number of nitrogens with zero attached hydrogens (tertiary/aromatic N) is 2. The number of nitrogens with one attached hydrogen (secondary N) is 2. The zero-order chi connectivity index (χ0) is 17.7. The van der Waals surface area contributed by atoms with Gasteiger partial charge in [0.2, 0.25) is 5.95 Å². The van der Waals surface area contributed by atoms with Crippen LogP contribution in [0.25, 0.3) is 0 Å². The first-order valence-electron chi connectivity index (χ1n) is 6.98. The van der Waals surface area contributed by atoms with E-state index in [1.54, 1.807) is 6.92 Å². The van der Waals surface area contributed by atoms with Gasteiger partial charge in [0.1, 0.15) is 0 Å². The first-order valence-corrected chi connectivity index (χ1v) is 6.98. The minimum absolute atomic E-state index is 0.0578. The highest BCUT2D eigenvalue weighted by Gasteiger charge is 2.30. The maximum Gasteiger partial charge on any atom is 0.416 e. The Bertz CT molecular complexity index is 800. The van der Waals surface area contributed by atoms with Gasteiger partial charge in [-0.25, -0.2) is 10.4 Å². The van der Waals surface area contributed by atoms with Crippen LogP contribution in [0.3, 0.4) is 0 Å². The number of aromatic amines is 1. The molecule has 0 saturated heterocycles. The summed E-state index contributed by atoms with van der Waals surface area (Å²) in [5.74, 6) is 0.0578. The van der Waals surface area contributed by atoms with Crippen molar-refractivity contribution in [3.05, 3.63) is 57.0 Å². The van der Waals surface area contributed by atoms with Crippen molar-refractivity contribution >= 4 is 12.2 Å². The van der Waals surface area contributed by atoms with Crippen molar-refractivity contribution in [2.24, 2.45) is 5.10 Å². The predicted octanol–water partition coefficient (Wildman–Crippen LogP) is 2.08. The number of aryl methyl sites for hydroxylation is 1. The van der Waals surface area contributed by atoms with Crippen molar-refractivity contribution in [1.29, 1.82) is 0 Å². The van der Waals surface area contributed by atoms with Gasteiger partial charge in [-0.1, -0.05) is 12.1 Å². The lowest BCUT2D eigenvalue weighted by Gasteiger charge is -2.07. The van der Waals surface area contributed by atoms with Gasteiger partial charge >= 0.3 is 6.18 Å². The van der Waals surface area contributed by atoms with E-state index in [9.17, 15) is 18.0 Å². The third kappa shape index (κ3) is 4.42. The lowest BCUT2D eigenvalue weighted by atomic mass is 10.1. The molecule has 0 aliphatic rings. The fraction of sp³-hybridized carbons (Fsp3) is 0.267. The van der Waals surface area contributed by atoms with Crippen molar-refractivity contribution < 1.29 is 18.3 Å². The number of rotatable bonds is 5. The summed E-state index contributed by atoms with van der Waals surface area (Å²) >= 11 is 0. The second-order valence-electron chi connectivity index (χ2n) is 4.95. The van der Waals surface area contributed by atoms with E-state index in [1.807, 2.05) is 0 Å². The number of aliphatic hydroxyl groups is 1. The van der Waals surface area contributed by atoms with Gasteiger partial charge in [0, 0.05) is 18.6 Å². The second-order valence-corrected chi connectivity index (χ2v) is 4.95. The lowest BCUT2D eigenvalue weighted by molar-refractivity contribution is -0.137. The minimum atomic E-state index is -4.43. The first-order chi connectivity index (χ1) is 11.3. The third-order valence-corrected chi connectivity index (χ3v) is 3.18. The molecular weight excluding hydrogens is 325 g/mol. The Balaban J connectivity index is 2.14. The van der Waals surface area contributed by atoms with Crippen LogP contribution in [0.15, 0.2) is 34.2 Å². The molecule has 1 heterocycles. The van der Waals surface area contributed by atoms with Gasteiger partial charge in [-0.3, -0.25) is 9.78 Å². The molecule has 0 atom stereocenters. The van der Waals surface area contributed by atoms with Gasteiger partial charge in [-0.2, -0.15) is 18.3 Å². The molecule has 0 saturated carbocycles. The van der Waals surface area contributed by atoms with Gasteiger partial charge < -0.3 is 5.11 Å². The molecule has 2 aromatic rings. The highest BCUT2D eigenvalue weighted by atomic mass is 19.4. The molecule has 0 aliphatic carbocycles. The van der Waals surface area contributed by atoms with Gasteiger partial charge in [0.15, 0.2) is 0 Å². The van der Waals surface area contributed by atoms with E-state index in [2.05, 4.69) is 20.5 Å². The van der Waals surface area contributed by atoms with Crippen LogP contribution in [0.2, 0.25) is 0 Å². The van der Waals surface area contributed by atoms with Crippen molar-refractivity contribution in [3.8, 4) is 0 Å². The predicted molar refractivity (Wildman–Crippen MR) is 83.0 cm³/mol. The van der Waals surface area contributed by atoms with Crippen molar-refractivity contribution in [2.75, 3.05) is 12.0 Å². The SMILES string of the molecule is Cc1nc(N/N=C\c2cccc(C(F)(F)F)c2)[nH]c(=O)c1CCO. The number of benzene rings is 1. The summed E-state index contributed by atoms with van der Waals surface area (Å²) in [4.78, 5) is 18.3. The normalized spacial score (nSPS) is 11.9. The number of H-pyrrole nitrogens is 1. The minimum Gasteiger partial charge on any atom is -0.396 e. The van der Waals surface area contributed by atoms with Gasteiger partial charge in [-0.15, -0.1) is 0 Å². The number of anilines is 1. The zero-order valence-electron chi connectivity index (χ0n) is 12.7. The molecule has 0 unspecified atom stereocenters. The molecule has 24 heavy (non-hydrogen) atoms. The van der Waals surface area contributed by atoms with E-state index in [0.717, 1.165) is 12.1 Å². The highest BCUT2D eigenvalue weighted by molar-refractivity contribution is 5.80. The lowest BCUT2D eigenvalue weighted by Crippen LogP contribution is -2.19. The summed E-state index contributed by atoms with van der Waals surface area (Å²) in [6.45, 7) is 1.44.